The number of hydrogen-bond donors (Lipinski definition) is 4. The summed E-state index contributed by atoms with van der Waals surface area (Å²) >= 11 is 0. The number of aromatic hydroxyl groups is 2. The molecule has 0 fully saturated rings. The topological polar surface area (TPSA) is 105 Å². The molecule has 0 bridgehead atoms. The quantitative estimate of drug-likeness (QED) is 0.376. The van der Waals surface area contributed by atoms with Crippen LogP contribution in [0.25, 0.3) is 0 Å². The fourth-order valence-electron chi connectivity index (χ4n) is 2.39. The molecular formula is C19H25N3O4. The lowest BCUT2D eigenvalue weighted by Crippen LogP contribution is -2.41. The Morgan fingerprint density at radius 1 is 1.23 bits per heavy atom. The summed E-state index contributed by atoms with van der Waals surface area (Å²) in [7, 11) is 0. The highest BCUT2D eigenvalue weighted by Crippen LogP contribution is 2.26. The number of carbonyl (C=O) groups is 1. The molecule has 0 aliphatic carbocycles. The summed E-state index contributed by atoms with van der Waals surface area (Å²) in [5.74, 6) is -0.770. The minimum Gasteiger partial charge on any atom is -0.504 e. The molecule has 7 nitrogen and oxygen atoms in total. The molecule has 4 N–H and O–H groups in total. The predicted octanol–water partition coefficient (Wildman–Crippen LogP) is 2.86. The second-order valence-electron chi connectivity index (χ2n) is 5.56. The normalized spacial score (nSPS) is 15.3. The van der Waals surface area contributed by atoms with Gasteiger partial charge in [0.05, 0.1) is 5.70 Å². The van der Waals surface area contributed by atoms with Gasteiger partial charge >= 0.3 is 0 Å². The molecule has 0 radical (unpaired) electrons. The van der Waals surface area contributed by atoms with Crippen LogP contribution in [0.15, 0.2) is 59.3 Å². The van der Waals surface area contributed by atoms with Crippen LogP contribution in [0, 0.1) is 0 Å². The summed E-state index contributed by atoms with van der Waals surface area (Å²) in [6, 6.07) is 4.50. The van der Waals surface area contributed by atoms with Crippen molar-refractivity contribution in [2.75, 3.05) is 6.54 Å². The maximum Gasteiger partial charge on any atom is 0.278 e. The highest BCUT2D eigenvalue weighted by atomic mass is 16.5. The maximum absolute atomic E-state index is 12.0. The largest absolute Gasteiger partial charge is 0.504 e. The first kappa shape index (κ1) is 21.0. The Morgan fingerprint density at radius 2 is 1.88 bits per heavy atom. The van der Waals surface area contributed by atoms with Crippen LogP contribution in [-0.4, -0.2) is 38.8 Å². The Bertz CT molecular complexity index is 762. The number of nitrogens with zero attached hydrogens (tertiary/aromatic N) is 2. The molecule has 26 heavy (non-hydrogen) atoms. The van der Waals surface area contributed by atoms with Crippen molar-refractivity contribution >= 4 is 11.7 Å². The van der Waals surface area contributed by atoms with E-state index >= 15 is 0 Å². The van der Waals surface area contributed by atoms with E-state index in [2.05, 4.69) is 23.5 Å². The molecule has 0 spiro atoms. The van der Waals surface area contributed by atoms with Gasteiger partial charge in [-0.25, -0.2) is 0 Å². The predicted molar refractivity (Wildman–Crippen MR) is 101 cm³/mol. The van der Waals surface area contributed by atoms with Crippen LogP contribution < -0.4 is 5.32 Å². The Kier molecular flexibility index (Phi) is 7.61. The molecule has 0 saturated carbocycles. The number of amides is 1. The Morgan fingerprint density at radius 3 is 2.42 bits per heavy atom. The van der Waals surface area contributed by atoms with Crippen LogP contribution in [-0.2, 0) is 11.3 Å². The van der Waals surface area contributed by atoms with E-state index in [0.717, 1.165) is 11.1 Å². The van der Waals surface area contributed by atoms with Gasteiger partial charge in [-0.05, 0) is 38.5 Å². The van der Waals surface area contributed by atoms with Crippen molar-refractivity contribution in [3.8, 4) is 11.5 Å². The number of allylic oxidation sites excluding steroid dienone is 1. The van der Waals surface area contributed by atoms with E-state index in [9.17, 15) is 20.2 Å². The lowest BCUT2D eigenvalue weighted by atomic mass is 10.0. The fourth-order valence-corrected chi connectivity index (χ4v) is 2.39. The van der Waals surface area contributed by atoms with Gasteiger partial charge in [-0.2, -0.15) is 5.06 Å². The molecule has 0 saturated heterocycles. The van der Waals surface area contributed by atoms with Crippen LogP contribution in [0.4, 0.5) is 0 Å². The number of hydrogen-bond acceptors (Lipinski definition) is 6. The van der Waals surface area contributed by atoms with Gasteiger partial charge in [0.15, 0.2) is 17.3 Å². The molecular weight excluding hydrogens is 334 g/mol. The lowest BCUT2D eigenvalue weighted by Gasteiger charge is -2.27. The van der Waals surface area contributed by atoms with Gasteiger partial charge in [0, 0.05) is 24.7 Å². The molecule has 7 heteroatoms. The number of phenols is 2. The molecule has 1 aliphatic heterocycles. The van der Waals surface area contributed by atoms with Crippen molar-refractivity contribution in [3.63, 3.8) is 0 Å². The summed E-state index contributed by atoms with van der Waals surface area (Å²) in [5, 5.41) is 32.5. The van der Waals surface area contributed by atoms with Crippen molar-refractivity contribution in [1.82, 2.24) is 10.4 Å². The zero-order chi connectivity index (χ0) is 19.9. The van der Waals surface area contributed by atoms with Crippen LogP contribution in [0.5, 0.6) is 11.5 Å². The first-order valence-corrected chi connectivity index (χ1v) is 8.07. The minimum absolute atomic E-state index is 0.191. The number of benzene rings is 1. The highest BCUT2D eigenvalue weighted by Gasteiger charge is 2.29. The number of carbonyl (C=O) groups excluding carboxylic acids is 1. The minimum atomic E-state index is -0.580. The number of amidine groups is 1. The lowest BCUT2D eigenvalue weighted by molar-refractivity contribution is -0.143. The van der Waals surface area contributed by atoms with E-state index in [4.69, 9.17) is 0 Å². The van der Waals surface area contributed by atoms with Crippen molar-refractivity contribution < 1.29 is 20.2 Å². The number of aliphatic imine (C=N–C) groups is 1. The smallest absolute Gasteiger partial charge is 0.278 e. The molecule has 1 amide bonds. The van der Waals surface area contributed by atoms with Gasteiger partial charge in [-0.3, -0.25) is 15.0 Å². The van der Waals surface area contributed by atoms with Gasteiger partial charge in [0.2, 0.25) is 0 Å². The standard InChI is InChI=1S/C17H21N3O4.C2H4/c1-4-18-17-16(10(2)3)12(8-15(23)20(17)24)19-9-11-5-6-13(21)14(22)7-11;1-2/h5-8,19,21-22,24H,4,9H2,1-3H3;1-2H2. The van der Waals surface area contributed by atoms with E-state index < -0.39 is 5.91 Å². The van der Waals surface area contributed by atoms with Crippen LogP contribution in [0.3, 0.4) is 0 Å². The van der Waals surface area contributed by atoms with Crippen molar-refractivity contribution in [2.45, 2.75) is 27.3 Å². The molecule has 140 valence electrons. The molecule has 0 atom stereocenters. The molecule has 0 unspecified atom stereocenters. The number of nitrogens with one attached hydrogen (secondary N) is 1. The number of rotatable bonds is 4. The number of phenolic OH excluding ortho intramolecular Hbond substituents is 2. The monoisotopic (exact) mass is 359 g/mol. The molecule has 1 aromatic rings. The SMILES string of the molecule is C=C.CCN=C1C(=C(C)C)C(NCc2ccc(O)c(O)c2)=CC(=O)N1O. The van der Waals surface area contributed by atoms with E-state index in [1.165, 1.54) is 18.2 Å². The van der Waals surface area contributed by atoms with E-state index in [0.29, 0.717) is 29.4 Å². The third-order valence-electron chi connectivity index (χ3n) is 3.50. The summed E-state index contributed by atoms with van der Waals surface area (Å²) in [4.78, 5) is 16.2. The Balaban J connectivity index is 0.00000163. The van der Waals surface area contributed by atoms with E-state index in [1.54, 1.807) is 6.07 Å². The van der Waals surface area contributed by atoms with Crippen molar-refractivity contribution in [1.29, 1.82) is 0 Å². The van der Waals surface area contributed by atoms with Gasteiger partial charge < -0.3 is 15.5 Å². The summed E-state index contributed by atoms with van der Waals surface area (Å²) in [6.07, 6.45) is 1.30. The maximum atomic E-state index is 12.0. The average Bonchev–Trinajstić information content (AvgIpc) is 2.61. The summed E-state index contributed by atoms with van der Waals surface area (Å²) < 4.78 is 0. The third-order valence-corrected chi connectivity index (χ3v) is 3.50. The van der Waals surface area contributed by atoms with Crippen LogP contribution in [0.2, 0.25) is 0 Å². The highest BCUT2D eigenvalue weighted by molar-refractivity contribution is 6.15. The fraction of sp³-hybridized carbons (Fsp3) is 0.263. The Hall–Kier alpha value is -3.06. The van der Waals surface area contributed by atoms with Gasteiger partial charge in [0.1, 0.15) is 0 Å². The first-order valence-electron chi connectivity index (χ1n) is 8.07. The van der Waals surface area contributed by atoms with E-state index in [-0.39, 0.29) is 17.3 Å². The molecule has 1 heterocycles. The second kappa shape index (κ2) is 9.43. The van der Waals surface area contributed by atoms with Crippen LogP contribution >= 0.6 is 0 Å². The average molecular weight is 359 g/mol. The van der Waals surface area contributed by atoms with Gasteiger partial charge in [0.25, 0.3) is 5.91 Å². The summed E-state index contributed by atoms with van der Waals surface area (Å²) in [6.45, 7) is 12.3. The van der Waals surface area contributed by atoms with Gasteiger partial charge in [-0.15, -0.1) is 13.2 Å². The molecule has 0 aromatic heterocycles. The Labute approximate surface area is 153 Å². The summed E-state index contributed by atoms with van der Waals surface area (Å²) in [5.41, 5.74) is 2.82. The second-order valence-corrected chi connectivity index (χ2v) is 5.56. The van der Waals surface area contributed by atoms with Crippen molar-refractivity contribution in [3.05, 3.63) is 59.8 Å². The van der Waals surface area contributed by atoms with Crippen LogP contribution in [0.1, 0.15) is 26.3 Å². The van der Waals surface area contributed by atoms with Gasteiger partial charge in [-0.1, -0.05) is 11.6 Å². The molecule has 1 aromatic carbocycles. The number of hydroxylamine groups is 2. The molecule has 2 rings (SSSR count). The zero-order valence-electron chi connectivity index (χ0n) is 15.3. The van der Waals surface area contributed by atoms with E-state index in [1.807, 2.05) is 20.8 Å². The van der Waals surface area contributed by atoms with Crippen molar-refractivity contribution in [2.24, 2.45) is 4.99 Å². The zero-order valence-corrected chi connectivity index (χ0v) is 15.3. The molecule has 1 aliphatic rings. The first-order chi connectivity index (χ1) is 12.3. The third kappa shape index (κ3) is 4.73.